The lowest BCUT2D eigenvalue weighted by Crippen LogP contribution is -2.27. The van der Waals surface area contributed by atoms with E-state index in [0.717, 1.165) is 16.9 Å². The lowest BCUT2D eigenvalue weighted by atomic mass is 10.1. The first-order valence-electron chi connectivity index (χ1n) is 8.22. The second-order valence-corrected chi connectivity index (χ2v) is 7.69. The molecule has 1 aliphatic heterocycles. The fourth-order valence-electron chi connectivity index (χ4n) is 2.76. The molecular formula is C20H20N2O3S2. The van der Waals surface area contributed by atoms with Crippen LogP contribution < -0.4 is 19.3 Å². The number of thioether (sulfide) groups is 1. The summed E-state index contributed by atoms with van der Waals surface area (Å²) in [4.78, 5) is 17.1. The number of nitrogens with zero attached hydrogens (tertiary/aromatic N) is 2. The van der Waals surface area contributed by atoms with E-state index in [2.05, 4.69) is 0 Å². The Kier molecular flexibility index (Phi) is 5.72. The number of methoxy groups -OCH3 is 2. The third-order valence-electron chi connectivity index (χ3n) is 4.14. The van der Waals surface area contributed by atoms with E-state index in [0.29, 0.717) is 20.7 Å². The van der Waals surface area contributed by atoms with Gasteiger partial charge in [0.15, 0.2) is 15.8 Å². The van der Waals surface area contributed by atoms with Crippen LogP contribution in [0.5, 0.6) is 11.5 Å². The Morgan fingerprint density at radius 1 is 1.07 bits per heavy atom. The zero-order chi connectivity index (χ0) is 19.6. The molecule has 0 spiro atoms. The van der Waals surface area contributed by atoms with Crippen molar-refractivity contribution in [1.82, 2.24) is 0 Å². The van der Waals surface area contributed by atoms with Crippen LogP contribution >= 0.6 is 24.0 Å². The minimum Gasteiger partial charge on any atom is -0.493 e. The lowest BCUT2D eigenvalue weighted by molar-refractivity contribution is -0.113. The second kappa shape index (κ2) is 8.02. The summed E-state index contributed by atoms with van der Waals surface area (Å²) in [7, 11) is 7.10. The molecule has 0 saturated carbocycles. The van der Waals surface area contributed by atoms with Crippen molar-refractivity contribution in [2.75, 3.05) is 38.1 Å². The number of benzene rings is 2. The molecule has 1 fully saturated rings. The maximum atomic E-state index is 13.0. The third-order valence-corrected chi connectivity index (χ3v) is 5.44. The van der Waals surface area contributed by atoms with Crippen molar-refractivity contribution in [2.45, 2.75) is 0 Å². The molecule has 2 aromatic carbocycles. The van der Waals surface area contributed by atoms with Gasteiger partial charge in [-0.05, 0) is 36.4 Å². The predicted molar refractivity (Wildman–Crippen MR) is 116 cm³/mol. The van der Waals surface area contributed by atoms with Gasteiger partial charge < -0.3 is 14.4 Å². The van der Waals surface area contributed by atoms with Crippen LogP contribution in [0, 0.1) is 0 Å². The fraction of sp³-hybridized carbons (Fsp3) is 0.200. The van der Waals surface area contributed by atoms with Crippen molar-refractivity contribution < 1.29 is 14.3 Å². The number of thiocarbonyl (C=S) groups is 1. The van der Waals surface area contributed by atoms with Crippen molar-refractivity contribution in [3.8, 4) is 11.5 Å². The molecule has 1 amide bonds. The van der Waals surface area contributed by atoms with Crippen LogP contribution in [0.15, 0.2) is 47.4 Å². The van der Waals surface area contributed by atoms with Crippen LogP contribution in [0.1, 0.15) is 5.56 Å². The molecule has 2 aromatic rings. The first-order valence-corrected chi connectivity index (χ1v) is 9.45. The first-order chi connectivity index (χ1) is 13.0. The number of anilines is 2. The van der Waals surface area contributed by atoms with Gasteiger partial charge in [0.25, 0.3) is 5.91 Å². The Morgan fingerprint density at radius 2 is 1.78 bits per heavy atom. The number of carbonyl (C=O) groups is 1. The van der Waals surface area contributed by atoms with E-state index in [4.69, 9.17) is 21.7 Å². The van der Waals surface area contributed by atoms with Gasteiger partial charge >= 0.3 is 0 Å². The average Bonchev–Trinajstić information content (AvgIpc) is 2.94. The molecule has 0 radical (unpaired) electrons. The summed E-state index contributed by atoms with van der Waals surface area (Å²) in [6.45, 7) is 0. The highest BCUT2D eigenvalue weighted by Crippen LogP contribution is 2.39. The SMILES string of the molecule is COc1cccc(/C=C2/SC(=S)N(c3ccc(N(C)C)cc3)C2=O)c1OC. The van der Waals surface area contributed by atoms with Gasteiger partial charge in [-0.15, -0.1) is 0 Å². The van der Waals surface area contributed by atoms with E-state index in [1.54, 1.807) is 25.2 Å². The van der Waals surface area contributed by atoms with Crippen molar-refractivity contribution in [1.29, 1.82) is 0 Å². The van der Waals surface area contributed by atoms with Gasteiger partial charge in [0.05, 0.1) is 24.8 Å². The Balaban J connectivity index is 1.93. The van der Waals surface area contributed by atoms with Gasteiger partial charge in [0, 0.05) is 25.3 Å². The molecule has 7 heteroatoms. The molecule has 0 aromatic heterocycles. The van der Waals surface area contributed by atoms with Gasteiger partial charge in [-0.1, -0.05) is 36.1 Å². The number of rotatable bonds is 5. The van der Waals surface area contributed by atoms with Crippen LogP contribution in [0.3, 0.4) is 0 Å². The van der Waals surface area contributed by atoms with E-state index in [9.17, 15) is 4.79 Å². The van der Waals surface area contributed by atoms with Gasteiger partial charge in [-0.3, -0.25) is 9.69 Å². The number of para-hydroxylation sites is 1. The maximum Gasteiger partial charge on any atom is 0.270 e. The Bertz CT molecular complexity index is 908. The molecule has 1 heterocycles. The van der Waals surface area contributed by atoms with Crippen molar-refractivity contribution in [3.05, 3.63) is 52.9 Å². The van der Waals surface area contributed by atoms with Gasteiger partial charge in [0.2, 0.25) is 0 Å². The van der Waals surface area contributed by atoms with E-state index < -0.39 is 0 Å². The molecule has 140 valence electrons. The van der Waals surface area contributed by atoms with Crippen LogP contribution in [0.4, 0.5) is 11.4 Å². The quantitative estimate of drug-likeness (QED) is 0.554. The van der Waals surface area contributed by atoms with Gasteiger partial charge in [-0.25, -0.2) is 0 Å². The third kappa shape index (κ3) is 3.79. The number of amides is 1. The average molecular weight is 401 g/mol. The maximum absolute atomic E-state index is 13.0. The molecule has 3 rings (SSSR count). The van der Waals surface area contributed by atoms with Crippen LogP contribution in [0.2, 0.25) is 0 Å². The summed E-state index contributed by atoms with van der Waals surface area (Å²) < 4.78 is 11.3. The zero-order valence-corrected chi connectivity index (χ0v) is 17.2. The van der Waals surface area contributed by atoms with Crippen molar-refractivity contribution in [2.24, 2.45) is 0 Å². The van der Waals surface area contributed by atoms with Crippen LogP contribution in [-0.4, -0.2) is 38.5 Å². The lowest BCUT2D eigenvalue weighted by Gasteiger charge is -2.17. The van der Waals surface area contributed by atoms with E-state index in [-0.39, 0.29) is 5.91 Å². The highest BCUT2D eigenvalue weighted by molar-refractivity contribution is 8.27. The monoisotopic (exact) mass is 400 g/mol. The van der Waals surface area contributed by atoms with E-state index in [1.165, 1.54) is 11.8 Å². The number of ether oxygens (including phenoxy) is 2. The van der Waals surface area contributed by atoms with Crippen molar-refractivity contribution >= 4 is 51.7 Å². The van der Waals surface area contributed by atoms with Gasteiger partial charge in [-0.2, -0.15) is 0 Å². The Morgan fingerprint density at radius 3 is 2.37 bits per heavy atom. The van der Waals surface area contributed by atoms with Crippen LogP contribution in [-0.2, 0) is 4.79 Å². The van der Waals surface area contributed by atoms with E-state index >= 15 is 0 Å². The smallest absolute Gasteiger partial charge is 0.270 e. The Hall–Kier alpha value is -2.51. The molecule has 1 aliphatic rings. The van der Waals surface area contributed by atoms with Crippen molar-refractivity contribution in [3.63, 3.8) is 0 Å². The predicted octanol–water partition coefficient (Wildman–Crippen LogP) is 4.18. The summed E-state index contributed by atoms with van der Waals surface area (Å²) in [6.07, 6.45) is 1.79. The van der Waals surface area contributed by atoms with E-state index in [1.807, 2.05) is 61.5 Å². The van der Waals surface area contributed by atoms with Crippen LogP contribution in [0.25, 0.3) is 6.08 Å². The molecule has 0 bridgehead atoms. The Labute approximate surface area is 168 Å². The largest absolute Gasteiger partial charge is 0.493 e. The topological polar surface area (TPSA) is 42.0 Å². The second-order valence-electron chi connectivity index (χ2n) is 6.01. The number of hydrogen-bond donors (Lipinski definition) is 0. The minimum absolute atomic E-state index is 0.146. The zero-order valence-electron chi connectivity index (χ0n) is 15.6. The molecule has 0 unspecified atom stereocenters. The van der Waals surface area contributed by atoms with Gasteiger partial charge in [0.1, 0.15) is 0 Å². The fourth-order valence-corrected chi connectivity index (χ4v) is 4.05. The highest BCUT2D eigenvalue weighted by Gasteiger charge is 2.33. The summed E-state index contributed by atoms with van der Waals surface area (Å²) >= 11 is 6.72. The molecule has 27 heavy (non-hydrogen) atoms. The molecule has 0 N–H and O–H groups in total. The number of hydrogen-bond acceptors (Lipinski definition) is 6. The summed E-state index contributed by atoms with van der Waals surface area (Å²) in [6, 6.07) is 13.3. The molecule has 0 atom stereocenters. The molecule has 1 saturated heterocycles. The summed E-state index contributed by atoms with van der Waals surface area (Å²) in [5.74, 6) is 1.05. The highest BCUT2D eigenvalue weighted by atomic mass is 32.2. The number of carbonyl (C=O) groups excluding carboxylic acids is 1. The minimum atomic E-state index is -0.146. The summed E-state index contributed by atoms with van der Waals surface area (Å²) in [5, 5.41) is 0. The molecule has 0 aliphatic carbocycles. The standard InChI is InChI=1S/C20H20N2O3S2/c1-21(2)14-8-10-15(11-9-14)22-19(23)17(27-20(22)26)12-13-6-5-7-16(24-3)18(13)25-4/h5-12H,1-4H3/b17-12+. The summed E-state index contributed by atoms with van der Waals surface area (Å²) in [5.41, 5.74) is 2.57. The normalized spacial score (nSPS) is 15.4. The molecular weight excluding hydrogens is 380 g/mol. The molecule has 5 nitrogen and oxygen atoms in total. The first kappa shape index (κ1) is 19.3.